The highest BCUT2D eigenvalue weighted by atomic mass is 16.3. The van der Waals surface area contributed by atoms with E-state index >= 15 is 0 Å². The van der Waals surface area contributed by atoms with Crippen molar-refractivity contribution in [3.63, 3.8) is 0 Å². The molecule has 4 nitrogen and oxygen atoms in total. The molecule has 0 saturated heterocycles. The van der Waals surface area contributed by atoms with Gasteiger partial charge in [-0.1, -0.05) is 20.8 Å². The van der Waals surface area contributed by atoms with Crippen LogP contribution in [0.1, 0.15) is 42.6 Å². The van der Waals surface area contributed by atoms with E-state index < -0.39 is 0 Å². The number of nitrogens with one attached hydrogen (secondary N) is 1. The van der Waals surface area contributed by atoms with Gasteiger partial charge in [0.2, 0.25) is 0 Å². The topological polar surface area (TPSA) is 45.5 Å². The maximum Gasteiger partial charge on any atom is 0.259 e. The van der Waals surface area contributed by atoms with E-state index in [9.17, 15) is 4.79 Å². The van der Waals surface area contributed by atoms with E-state index in [1.165, 1.54) is 0 Å². The van der Waals surface area contributed by atoms with E-state index in [1.807, 2.05) is 56.3 Å². The zero-order valence-corrected chi connectivity index (χ0v) is 14.2. The third kappa shape index (κ3) is 3.50. The third-order valence-electron chi connectivity index (χ3n) is 3.54. The fourth-order valence-corrected chi connectivity index (χ4v) is 2.12. The summed E-state index contributed by atoms with van der Waals surface area (Å²) in [6.07, 6.45) is 0. The third-order valence-corrected chi connectivity index (χ3v) is 3.54. The molecule has 1 aromatic heterocycles. The number of hydrogen-bond donors (Lipinski definition) is 1. The molecule has 1 N–H and O–H groups in total. The number of amides is 1. The predicted molar refractivity (Wildman–Crippen MR) is 90.9 cm³/mol. The van der Waals surface area contributed by atoms with Crippen LogP contribution in [0, 0.1) is 6.92 Å². The predicted octanol–water partition coefficient (Wildman–Crippen LogP) is 4.20. The van der Waals surface area contributed by atoms with Crippen LogP contribution < -0.4 is 10.2 Å². The largest absolute Gasteiger partial charge is 0.465 e. The Morgan fingerprint density at radius 1 is 1.14 bits per heavy atom. The lowest BCUT2D eigenvalue weighted by atomic mass is 9.93. The number of carbonyl (C=O) groups excluding carboxylic acids is 1. The SMILES string of the molecule is Cc1oc(C(C)(C)C)cc1C(=O)Nc1ccc(N(C)C)cc1. The van der Waals surface area contributed by atoms with Crippen molar-refractivity contribution in [2.45, 2.75) is 33.1 Å². The lowest BCUT2D eigenvalue weighted by molar-refractivity contribution is 0.102. The minimum atomic E-state index is -0.144. The monoisotopic (exact) mass is 300 g/mol. The molecule has 0 radical (unpaired) electrons. The molecule has 0 aliphatic heterocycles. The van der Waals surface area contributed by atoms with Crippen molar-refractivity contribution in [3.05, 3.63) is 47.4 Å². The molecular formula is C18H24N2O2. The van der Waals surface area contributed by atoms with Gasteiger partial charge in [0.15, 0.2) is 0 Å². The summed E-state index contributed by atoms with van der Waals surface area (Å²) in [6, 6.07) is 9.57. The van der Waals surface area contributed by atoms with Crippen LogP contribution in [0.2, 0.25) is 0 Å². The summed E-state index contributed by atoms with van der Waals surface area (Å²) in [5, 5.41) is 2.91. The van der Waals surface area contributed by atoms with E-state index in [4.69, 9.17) is 4.42 Å². The Morgan fingerprint density at radius 3 is 2.18 bits per heavy atom. The number of hydrogen-bond acceptors (Lipinski definition) is 3. The van der Waals surface area contributed by atoms with Crippen LogP contribution in [0.3, 0.4) is 0 Å². The normalized spacial score (nSPS) is 11.4. The standard InChI is InChI=1S/C18H24N2O2/c1-12-15(11-16(22-12)18(2,3)4)17(21)19-13-7-9-14(10-8-13)20(5)6/h7-11H,1-6H3,(H,19,21). The molecule has 1 amide bonds. The summed E-state index contributed by atoms with van der Waals surface area (Å²) in [7, 11) is 3.97. The van der Waals surface area contributed by atoms with Gasteiger partial charge in [0.05, 0.1) is 5.56 Å². The smallest absolute Gasteiger partial charge is 0.259 e. The van der Waals surface area contributed by atoms with E-state index in [-0.39, 0.29) is 11.3 Å². The summed E-state index contributed by atoms with van der Waals surface area (Å²) in [6.45, 7) is 8.01. The summed E-state index contributed by atoms with van der Waals surface area (Å²) < 4.78 is 5.72. The molecule has 2 aromatic rings. The minimum absolute atomic E-state index is 0.114. The summed E-state index contributed by atoms with van der Waals surface area (Å²) >= 11 is 0. The van der Waals surface area contributed by atoms with Crippen molar-refractivity contribution in [2.24, 2.45) is 0 Å². The van der Waals surface area contributed by atoms with Gasteiger partial charge in [-0.3, -0.25) is 4.79 Å². The second-order valence-corrected chi connectivity index (χ2v) is 6.73. The maximum absolute atomic E-state index is 12.4. The average molecular weight is 300 g/mol. The molecule has 4 heteroatoms. The summed E-state index contributed by atoms with van der Waals surface area (Å²) in [5.74, 6) is 1.32. The van der Waals surface area contributed by atoms with Gasteiger partial charge in [0.1, 0.15) is 11.5 Å². The van der Waals surface area contributed by atoms with Gasteiger partial charge in [0.25, 0.3) is 5.91 Å². The molecular weight excluding hydrogens is 276 g/mol. The highest BCUT2D eigenvalue weighted by Gasteiger charge is 2.23. The lowest BCUT2D eigenvalue weighted by Gasteiger charge is -2.13. The molecule has 0 unspecified atom stereocenters. The number of benzene rings is 1. The van der Waals surface area contributed by atoms with Crippen molar-refractivity contribution in [1.82, 2.24) is 0 Å². The number of anilines is 2. The Morgan fingerprint density at radius 2 is 1.73 bits per heavy atom. The molecule has 0 fully saturated rings. The van der Waals surface area contributed by atoms with E-state index in [2.05, 4.69) is 26.1 Å². The Kier molecular flexibility index (Phi) is 4.31. The van der Waals surface area contributed by atoms with Crippen LogP contribution in [0.15, 0.2) is 34.7 Å². The minimum Gasteiger partial charge on any atom is -0.465 e. The number of furan rings is 1. The quantitative estimate of drug-likeness (QED) is 0.924. The van der Waals surface area contributed by atoms with Gasteiger partial charge < -0.3 is 14.6 Å². The van der Waals surface area contributed by atoms with Crippen LogP contribution in [-0.2, 0) is 5.41 Å². The molecule has 0 atom stereocenters. The first kappa shape index (κ1) is 16.1. The van der Waals surface area contributed by atoms with Crippen LogP contribution in [0.5, 0.6) is 0 Å². The number of rotatable bonds is 3. The summed E-state index contributed by atoms with van der Waals surface area (Å²) in [4.78, 5) is 14.4. The van der Waals surface area contributed by atoms with Crippen molar-refractivity contribution >= 4 is 17.3 Å². The molecule has 0 aliphatic carbocycles. The first-order valence-corrected chi connectivity index (χ1v) is 7.38. The van der Waals surface area contributed by atoms with Crippen LogP contribution >= 0.6 is 0 Å². The van der Waals surface area contributed by atoms with Crippen molar-refractivity contribution in [3.8, 4) is 0 Å². The van der Waals surface area contributed by atoms with Crippen LogP contribution in [0.25, 0.3) is 0 Å². The van der Waals surface area contributed by atoms with Crippen LogP contribution in [-0.4, -0.2) is 20.0 Å². The van der Waals surface area contributed by atoms with E-state index in [0.29, 0.717) is 11.3 Å². The van der Waals surface area contributed by atoms with Gasteiger partial charge in [-0.05, 0) is 37.3 Å². The highest BCUT2D eigenvalue weighted by Crippen LogP contribution is 2.27. The Bertz CT molecular complexity index is 661. The number of nitrogens with zero attached hydrogens (tertiary/aromatic N) is 1. The zero-order valence-electron chi connectivity index (χ0n) is 14.2. The Labute approximate surface area is 132 Å². The fourth-order valence-electron chi connectivity index (χ4n) is 2.12. The van der Waals surface area contributed by atoms with Crippen molar-refractivity contribution < 1.29 is 9.21 Å². The van der Waals surface area contributed by atoms with Crippen molar-refractivity contribution in [1.29, 1.82) is 0 Å². The second-order valence-electron chi connectivity index (χ2n) is 6.73. The fraction of sp³-hybridized carbons (Fsp3) is 0.389. The lowest BCUT2D eigenvalue weighted by Crippen LogP contribution is -2.13. The Hall–Kier alpha value is -2.23. The molecule has 1 heterocycles. The van der Waals surface area contributed by atoms with Gasteiger partial charge >= 0.3 is 0 Å². The average Bonchev–Trinajstić information content (AvgIpc) is 2.81. The van der Waals surface area contributed by atoms with E-state index in [1.54, 1.807) is 0 Å². The first-order chi connectivity index (χ1) is 10.2. The Balaban J connectivity index is 2.17. The van der Waals surface area contributed by atoms with Gasteiger partial charge in [0, 0.05) is 30.9 Å². The molecule has 2 rings (SSSR count). The molecule has 0 aliphatic rings. The number of aryl methyl sites for hydroxylation is 1. The second kappa shape index (κ2) is 5.87. The molecule has 118 valence electrons. The van der Waals surface area contributed by atoms with Gasteiger partial charge in [-0.25, -0.2) is 0 Å². The molecule has 0 spiro atoms. The number of carbonyl (C=O) groups is 1. The van der Waals surface area contributed by atoms with Crippen LogP contribution in [0.4, 0.5) is 11.4 Å². The molecule has 0 saturated carbocycles. The zero-order chi connectivity index (χ0) is 16.5. The highest BCUT2D eigenvalue weighted by molar-refractivity contribution is 6.05. The molecule has 0 bridgehead atoms. The van der Waals surface area contributed by atoms with Gasteiger partial charge in [-0.2, -0.15) is 0 Å². The van der Waals surface area contributed by atoms with E-state index in [0.717, 1.165) is 17.1 Å². The van der Waals surface area contributed by atoms with Crippen molar-refractivity contribution in [2.75, 3.05) is 24.3 Å². The summed E-state index contributed by atoms with van der Waals surface area (Å²) in [5.41, 5.74) is 2.33. The molecule has 1 aromatic carbocycles. The van der Waals surface area contributed by atoms with Gasteiger partial charge in [-0.15, -0.1) is 0 Å². The first-order valence-electron chi connectivity index (χ1n) is 7.38. The maximum atomic E-state index is 12.4. The molecule has 22 heavy (non-hydrogen) atoms.